The lowest BCUT2D eigenvalue weighted by Crippen LogP contribution is -2.31. The molecule has 138 valence electrons. The van der Waals surface area contributed by atoms with E-state index in [1.807, 2.05) is 6.07 Å². The molecule has 4 nitrogen and oxygen atoms in total. The summed E-state index contributed by atoms with van der Waals surface area (Å²) in [7, 11) is 0. The zero-order valence-electron chi connectivity index (χ0n) is 15.8. The van der Waals surface area contributed by atoms with Crippen molar-refractivity contribution in [2.24, 2.45) is 5.92 Å². The zero-order chi connectivity index (χ0) is 19.0. The van der Waals surface area contributed by atoms with E-state index < -0.39 is 0 Å². The van der Waals surface area contributed by atoms with Crippen molar-refractivity contribution in [2.75, 3.05) is 6.54 Å². The first-order valence-electron chi connectivity index (χ1n) is 9.58. The third-order valence-electron chi connectivity index (χ3n) is 5.30. The van der Waals surface area contributed by atoms with E-state index in [-0.39, 0.29) is 11.8 Å². The van der Waals surface area contributed by atoms with Gasteiger partial charge in [0.05, 0.1) is 11.1 Å². The molecule has 4 heteroatoms. The third kappa shape index (κ3) is 3.16. The van der Waals surface area contributed by atoms with Crippen LogP contribution in [0.2, 0.25) is 0 Å². The molecule has 0 spiro atoms. The zero-order valence-corrected chi connectivity index (χ0v) is 15.8. The number of rotatable bonds is 6. The molecule has 1 aliphatic rings. The number of aryl methyl sites for hydroxylation is 1. The van der Waals surface area contributed by atoms with E-state index in [2.05, 4.69) is 42.8 Å². The number of amides is 2. The Morgan fingerprint density at radius 1 is 0.852 bits per heavy atom. The molecule has 0 aliphatic carbocycles. The highest BCUT2D eigenvalue weighted by Gasteiger charge is 2.34. The van der Waals surface area contributed by atoms with Gasteiger partial charge in [0.25, 0.3) is 11.8 Å². The fourth-order valence-corrected chi connectivity index (χ4v) is 3.78. The summed E-state index contributed by atoms with van der Waals surface area (Å²) in [5, 5.41) is 1.21. The number of carbonyl (C=O) groups is 2. The molecule has 2 amide bonds. The predicted molar refractivity (Wildman–Crippen MR) is 107 cm³/mol. The van der Waals surface area contributed by atoms with Gasteiger partial charge in [0.1, 0.15) is 0 Å². The summed E-state index contributed by atoms with van der Waals surface area (Å²) in [6.07, 6.45) is 3.97. The first kappa shape index (κ1) is 17.5. The molecule has 0 atom stereocenters. The monoisotopic (exact) mass is 360 g/mol. The van der Waals surface area contributed by atoms with Gasteiger partial charge in [-0.05, 0) is 42.5 Å². The Morgan fingerprint density at radius 3 is 2.15 bits per heavy atom. The van der Waals surface area contributed by atoms with Crippen LogP contribution in [0, 0.1) is 5.92 Å². The maximum Gasteiger partial charge on any atom is 0.261 e. The van der Waals surface area contributed by atoms with Gasteiger partial charge in [0.15, 0.2) is 0 Å². The second-order valence-electron chi connectivity index (χ2n) is 7.60. The van der Waals surface area contributed by atoms with E-state index in [0.717, 1.165) is 13.0 Å². The van der Waals surface area contributed by atoms with Crippen molar-refractivity contribution in [1.29, 1.82) is 0 Å². The van der Waals surface area contributed by atoms with Gasteiger partial charge in [-0.25, -0.2) is 0 Å². The first-order valence-corrected chi connectivity index (χ1v) is 9.58. The lowest BCUT2D eigenvalue weighted by Gasteiger charge is -2.13. The maximum absolute atomic E-state index is 12.6. The van der Waals surface area contributed by atoms with Crippen molar-refractivity contribution < 1.29 is 9.59 Å². The number of imide groups is 1. The standard InChI is InChI=1S/C23H24N2O2/c1-16(2)11-13-24-15-17(18-7-5-6-10-21(18)24)12-14-25-22(26)19-8-3-4-9-20(19)23(25)27/h3-10,15-16H,11-14H2,1-2H3. The van der Waals surface area contributed by atoms with E-state index in [9.17, 15) is 9.59 Å². The molecule has 0 bridgehead atoms. The molecule has 0 saturated heterocycles. The molecule has 2 aromatic carbocycles. The third-order valence-corrected chi connectivity index (χ3v) is 5.30. The summed E-state index contributed by atoms with van der Waals surface area (Å²) in [4.78, 5) is 26.5. The molecule has 1 aromatic heterocycles. The van der Waals surface area contributed by atoms with Crippen LogP contribution in [0.5, 0.6) is 0 Å². The first-order chi connectivity index (χ1) is 13.1. The Labute approximate surface area is 159 Å². The number of benzene rings is 2. The average Bonchev–Trinajstić information content (AvgIpc) is 3.15. The summed E-state index contributed by atoms with van der Waals surface area (Å²) < 4.78 is 2.30. The number of carbonyl (C=O) groups excluding carboxylic acids is 2. The lowest BCUT2D eigenvalue weighted by molar-refractivity contribution is 0.0656. The molecular weight excluding hydrogens is 336 g/mol. The number of aromatic nitrogens is 1. The Bertz CT molecular complexity index is 981. The Kier molecular flexibility index (Phi) is 4.56. The molecular formula is C23H24N2O2. The van der Waals surface area contributed by atoms with Gasteiger partial charge in [0, 0.05) is 30.2 Å². The van der Waals surface area contributed by atoms with Crippen molar-refractivity contribution in [3.05, 3.63) is 71.4 Å². The second kappa shape index (κ2) is 7.03. The van der Waals surface area contributed by atoms with Gasteiger partial charge in [-0.1, -0.05) is 44.2 Å². The number of nitrogens with zero attached hydrogens (tertiary/aromatic N) is 2. The molecule has 0 radical (unpaired) electrons. The van der Waals surface area contributed by atoms with Crippen molar-refractivity contribution in [2.45, 2.75) is 33.2 Å². The minimum atomic E-state index is -0.181. The van der Waals surface area contributed by atoms with Crippen molar-refractivity contribution in [3.8, 4) is 0 Å². The highest BCUT2D eigenvalue weighted by molar-refractivity contribution is 6.21. The van der Waals surface area contributed by atoms with E-state index in [1.165, 1.54) is 21.4 Å². The van der Waals surface area contributed by atoms with E-state index in [4.69, 9.17) is 0 Å². The lowest BCUT2D eigenvalue weighted by atomic mass is 10.1. The normalized spacial score (nSPS) is 13.8. The minimum absolute atomic E-state index is 0.181. The molecule has 3 aromatic rings. The van der Waals surface area contributed by atoms with Gasteiger partial charge >= 0.3 is 0 Å². The molecule has 0 saturated carbocycles. The van der Waals surface area contributed by atoms with Crippen LogP contribution in [-0.2, 0) is 13.0 Å². The van der Waals surface area contributed by atoms with Crippen LogP contribution in [0.25, 0.3) is 10.9 Å². The summed E-state index contributed by atoms with van der Waals surface area (Å²) in [6.45, 7) is 5.85. The van der Waals surface area contributed by atoms with Crippen LogP contribution >= 0.6 is 0 Å². The Hall–Kier alpha value is -2.88. The number of hydrogen-bond acceptors (Lipinski definition) is 2. The summed E-state index contributed by atoms with van der Waals surface area (Å²) >= 11 is 0. The topological polar surface area (TPSA) is 42.3 Å². The van der Waals surface area contributed by atoms with Gasteiger partial charge in [-0.3, -0.25) is 14.5 Å². The molecule has 0 N–H and O–H groups in total. The number of hydrogen-bond donors (Lipinski definition) is 0. The van der Waals surface area contributed by atoms with E-state index >= 15 is 0 Å². The Balaban J connectivity index is 1.56. The highest BCUT2D eigenvalue weighted by atomic mass is 16.2. The summed E-state index contributed by atoms with van der Waals surface area (Å²) in [6, 6.07) is 15.4. The smallest absolute Gasteiger partial charge is 0.261 e. The van der Waals surface area contributed by atoms with Crippen LogP contribution < -0.4 is 0 Å². The molecule has 27 heavy (non-hydrogen) atoms. The van der Waals surface area contributed by atoms with Gasteiger partial charge in [-0.2, -0.15) is 0 Å². The maximum atomic E-state index is 12.6. The van der Waals surface area contributed by atoms with Crippen LogP contribution in [0.4, 0.5) is 0 Å². The largest absolute Gasteiger partial charge is 0.347 e. The summed E-state index contributed by atoms with van der Waals surface area (Å²) in [5.41, 5.74) is 3.44. The number of para-hydroxylation sites is 1. The van der Waals surface area contributed by atoms with Crippen molar-refractivity contribution in [1.82, 2.24) is 9.47 Å². The van der Waals surface area contributed by atoms with E-state index in [0.29, 0.717) is 30.0 Å². The van der Waals surface area contributed by atoms with Crippen LogP contribution in [0.1, 0.15) is 46.5 Å². The fourth-order valence-electron chi connectivity index (χ4n) is 3.78. The minimum Gasteiger partial charge on any atom is -0.347 e. The van der Waals surface area contributed by atoms with Crippen LogP contribution in [-0.4, -0.2) is 27.8 Å². The van der Waals surface area contributed by atoms with Gasteiger partial charge in [0.2, 0.25) is 0 Å². The second-order valence-corrected chi connectivity index (χ2v) is 7.60. The van der Waals surface area contributed by atoms with Gasteiger partial charge in [-0.15, -0.1) is 0 Å². The molecule has 2 heterocycles. The Morgan fingerprint density at radius 2 is 1.48 bits per heavy atom. The number of fused-ring (bicyclic) bond motifs is 2. The van der Waals surface area contributed by atoms with Crippen LogP contribution in [0.3, 0.4) is 0 Å². The average molecular weight is 360 g/mol. The molecule has 4 rings (SSSR count). The van der Waals surface area contributed by atoms with E-state index in [1.54, 1.807) is 24.3 Å². The quantitative estimate of drug-likeness (QED) is 0.606. The van der Waals surface area contributed by atoms with Crippen molar-refractivity contribution >= 4 is 22.7 Å². The SMILES string of the molecule is CC(C)CCn1cc(CCN2C(=O)c3ccccc3C2=O)c2ccccc21. The summed E-state index contributed by atoms with van der Waals surface area (Å²) in [5.74, 6) is 0.284. The van der Waals surface area contributed by atoms with Gasteiger partial charge < -0.3 is 4.57 Å². The molecule has 0 unspecified atom stereocenters. The molecule has 0 fully saturated rings. The predicted octanol–water partition coefficient (Wildman–Crippen LogP) is 4.53. The fraction of sp³-hybridized carbons (Fsp3) is 0.304. The highest BCUT2D eigenvalue weighted by Crippen LogP contribution is 2.26. The van der Waals surface area contributed by atoms with Crippen molar-refractivity contribution in [3.63, 3.8) is 0 Å². The molecule has 1 aliphatic heterocycles. The van der Waals surface area contributed by atoms with Crippen LogP contribution in [0.15, 0.2) is 54.7 Å².